The van der Waals surface area contributed by atoms with Crippen LogP contribution in [0.4, 0.5) is 0 Å². The zero-order chi connectivity index (χ0) is 38.1. The van der Waals surface area contributed by atoms with Gasteiger partial charge in [0, 0.05) is 22.3 Å². The minimum Gasteiger partial charge on any atom is -0.497 e. The van der Waals surface area contributed by atoms with E-state index in [1.165, 1.54) is 11.1 Å². The van der Waals surface area contributed by atoms with Gasteiger partial charge < -0.3 is 23.7 Å². The third kappa shape index (κ3) is 18.8. The maximum Gasteiger partial charge on any atom is 0.338 e. The average molecular weight is 671 g/mol. The summed E-state index contributed by atoms with van der Waals surface area (Å²) in [5, 5.41) is 0. The third-order valence-corrected chi connectivity index (χ3v) is 5.40. The topological polar surface area (TPSA) is 105 Å². The first kappa shape index (κ1) is 45.4. The van der Waals surface area contributed by atoms with Gasteiger partial charge in [0.25, 0.3) is 6.47 Å². The third-order valence-electron chi connectivity index (χ3n) is 5.40. The smallest absolute Gasteiger partial charge is 0.338 e. The molecule has 262 valence electrons. The van der Waals surface area contributed by atoms with E-state index in [1.807, 2.05) is 96.0 Å². The van der Waals surface area contributed by atoms with Crippen molar-refractivity contribution in [1.82, 2.24) is 0 Å². The number of carbonyl (C=O) groups is 4. The van der Waals surface area contributed by atoms with Crippen LogP contribution in [0.5, 0.6) is 23.0 Å². The summed E-state index contributed by atoms with van der Waals surface area (Å²) in [5.41, 5.74) is 7.14. The van der Waals surface area contributed by atoms with Gasteiger partial charge in [0.05, 0.1) is 14.2 Å². The first-order chi connectivity index (χ1) is 23.1. The number of hydrogen-bond donors (Lipinski definition) is 0. The van der Waals surface area contributed by atoms with Crippen molar-refractivity contribution < 1.29 is 38.1 Å². The molecule has 0 aliphatic rings. The zero-order valence-electron chi connectivity index (χ0n) is 30.3. The summed E-state index contributed by atoms with van der Waals surface area (Å²) < 4.78 is 21.6. The van der Waals surface area contributed by atoms with Crippen molar-refractivity contribution in [3.05, 3.63) is 120 Å². The molecule has 0 unspecified atom stereocenters. The number of hydrogen-bond acceptors (Lipinski definition) is 8. The Labute approximate surface area is 292 Å². The minimum absolute atomic E-state index is 0.297. The van der Waals surface area contributed by atoms with Crippen LogP contribution in [-0.4, -0.2) is 39.7 Å². The molecule has 0 atom stereocenters. The Balaban J connectivity index is 0. The van der Waals surface area contributed by atoms with Gasteiger partial charge in [0.2, 0.25) is 0 Å². The number of esters is 1. The monoisotopic (exact) mass is 670 g/mol. The first-order valence-corrected chi connectivity index (χ1v) is 14.9. The highest BCUT2D eigenvalue weighted by atomic mass is 16.5. The van der Waals surface area contributed by atoms with E-state index in [1.54, 1.807) is 40.2 Å². The summed E-state index contributed by atoms with van der Waals surface area (Å²) in [7, 11) is 3.20. The van der Waals surface area contributed by atoms with Gasteiger partial charge in [0.15, 0.2) is 0 Å². The van der Waals surface area contributed by atoms with Crippen molar-refractivity contribution in [1.29, 1.82) is 0 Å². The maximum absolute atomic E-state index is 12.5. The number of rotatable bonds is 10. The molecule has 8 nitrogen and oxygen atoms in total. The molecule has 0 heterocycles. The van der Waals surface area contributed by atoms with Crippen LogP contribution in [0.15, 0.2) is 103 Å². The number of aldehydes is 1. The van der Waals surface area contributed by atoms with Crippen molar-refractivity contribution in [3.63, 3.8) is 0 Å². The summed E-state index contributed by atoms with van der Waals surface area (Å²) >= 11 is 0. The molecular formula is C41H50O8. The Morgan fingerprint density at radius 2 is 1.18 bits per heavy atom. The van der Waals surface area contributed by atoms with Crippen molar-refractivity contribution in [3.8, 4) is 34.1 Å². The van der Waals surface area contributed by atoms with Crippen LogP contribution in [0, 0.1) is 6.92 Å². The molecular weight excluding hydrogens is 620 g/mol. The molecule has 0 aliphatic heterocycles. The van der Waals surface area contributed by atoms with E-state index in [0.29, 0.717) is 40.4 Å². The molecule has 3 rings (SSSR count). The molecule has 0 saturated carbocycles. The predicted molar refractivity (Wildman–Crippen MR) is 201 cm³/mol. The second-order valence-electron chi connectivity index (χ2n) is 10.9. The molecule has 0 aliphatic carbocycles. The van der Waals surface area contributed by atoms with Crippen molar-refractivity contribution in [2.24, 2.45) is 0 Å². The summed E-state index contributed by atoms with van der Waals surface area (Å²) in [6.45, 7) is 29.5. The Kier molecular flexibility index (Phi) is 23.5. The van der Waals surface area contributed by atoms with Crippen LogP contribution >= 0.6 is 0 Å². The number of ether oxygens (including phenoxy) is 4. The molecule has 0 N–H and O–H groups in total. The quantitative estimate of drug-likeness (QED) is 0.0524. The molecule has 0 saturated heterocycles. The molecule has 49 heavy (non-hydrogen) atoms. The van der Waals surface area contributed by atoms with E-state index in [0.717, 1.165) is 34.3 Å². The first-order valence-electron chi connectivity index (χ1n) is 14.9. The molecule has 0 aromatic heterocycles. The zero-order valence-corrected chi connectivity index (χ0v) is 30.3. The summed E-state index contributed by atoms with van der Waals surface area (Å²) in [5.74, 6) is 1.71. The normalized spacial score (nSPS) is 9.16. The Hall–Kier alpha value is -5.76. The number of carbonyl (C=O) groups excluding carboxylic acids is 4. The molecule has 0 amide bonds. The highest BCUT2D eigenvalue weighted by molar-refractivity contribution is 5.92. The van der Waals surface area contributed by atoms with Crippen LogP contribution < -0.4 is 18.9 Å². The summed E-state index contributed by atoms with van der Waals surface area (Å²) in [6, 6.07) is 16.4. The SMILES string of the molecule is C=C(C)C.C=C(C)C.C=C(C)C(=O)Oc1c(-c2ccc(OC)cc2)cc(OC)c(/C=C/c2ccc(OC=O)cc2)c1C.C=C(C)C=O.C=O. The predicted octanol–water partition coefficient (Wildman–Crippen LogP) is 9.61. The fraction of sp³-hybridized carbons (Fsp3) is 0.220. The highest BCUT2D eigenvalue weighted by Gasteiger charge is 2.20. The van der Waals surface area contributed by atoms with Gasteiger partial charge in [-0.15, -0.1) is 13.2 Å². The lowest BCUT2D eigenvalue weighted by Crippen LogP contribution is -2.11. The Bertz CT molecular complexity index is 1560. The lowest BCUT2D eigenvalue weighted by atomic mass is 9.96. The Morgan fingerprint density at radius 1 is 0.714 bits per heavy atom. The lowest BCUT2D eigenvalue weighted by Gasteiger charge is -2.18. The van der Waals surface area contributed by atoms with Gasteiger partial charge in [0.1, 0.15) is 36.1 Å². The molecule has 8 heteroatoms. The second-order valence-corrected chi connectivity index (χ2v) is 10.9. The Morgan fingerprint density at radius 3 is 1.57 bits per heavy atom. The number of methoxy groups -OCH3 is 2. The average Bonchev–Trinajstić information content (AvgIpc) is 3.06. The van der Waals surface area contributed by atoms with Crippen molar-refractivity contribution >= 4 is 37.7 Å². The fourth-order valence-electron chi connectivity index (χ4n) is 3.35. The van der Waals surface area contributed by atoms with E-state index in [-0.39, 0.29) is 0 Å². The van der Waals surface area contributed by atoms with Crippen LogP contribution in [-0.2, 0) is 19.2 Å². The van der Waals surface area contributed by atoms with Gasteiger partial charge in [-0.2, -0.15) is 0 Å². The molecule has 0 bridgehead atoms. The van der Waals surface area contributed by atoms with Crippen LogP contribution in [0.25, 0.3) is 23.3 Å². The largest absolute Gasteiger partial charge is 0.497 e. The van der Waals surface area contributed by atoms with E-state index < -0.39 is 5.97 Å². The van der Waals surface area contributed by atoms with E-state index in [2.05, 4.69) is 26.3 Å². The molecule has 3 aromatic carbocycles. The van der Waals surface area contributed by atoms with Gasteiger partial charge in [-0.05, 0) is 95.5 Å². The number of allylic oxidation sites excluding steroid dienone is 3. The van der Waals surface area contributed by atoms with E-state index in [4.69, 9.17) is 23.7 Å². The van der Waals surface area contributed by atoms with E-state index in [9.17, 15) is 14.4 Å². The second kappa shape index (κ2) is 25.3. The van der Waals surface area contributed by atoms with Crippen LogP contribution in [0.2, 0.25) is 0 Å². The van der Waals surface area contributed by atoms with Crippen LogP contribution in [0.1, 0.15) is 58.2 Å². The van der Waals surface area contributed by atoms with Crippen molar-refractivity contribution in [2.75, 3.05) is 14.2 Å². The molecule has 0 fully saturated rings. The highest BCUT2D eigenvalue weighted by Crippen LogP contribution is 2.41. The van der Waals surface area contributed by atoms with Gasteiger partial charge in [-0.3, -0.25) is 9.59 Å². The van der Waals surface area contributed by atoms with Gasteiger partial charge in [-0.25, -0.2) is 4.79 Å². The van der Waals surface area contributed by atoms with Crippen LogP contribution in [0.3, 0.4) is 0 Å². The van der Waals surface area contributed by atoms with E-state index >= 15 is 0 Å². The standard InChI is InChI=1S/C28H26O6.C4H6O.2C4H8.CH2O/c1-18(2)28(30)34-27-19(3)24(15-8-20-6-11-23(12-7-20)33-17-29)26(32-5)16-25(27)21-9-13-22(31-4)14-10-21;1-4(2)3-5;2*1-4(2)3;1-2/h6-17H,1H2,2-5H3;3H,1H2,2H3;2*1H2,2-3H3;1H2/b15-8+;;;;. The lowest BCUT2D eigenvalue weighted by molar-refractivity contribution is -0.130. The summed E-state index contributed by atoms with van der Waals surface area (Å²) in [4.78, 5) is 40.3. The summed E-state index contributed by atoms with van der Waals surface area (Å²) in [6.07, 6.45) is 4.51. The maximum atomic E-state index is 12.5. The minimum atomic E-state index is -0.510. The molecule has 0 radical (unpaired) electrons. The fourth-order valence-corrected chi connectivity index (χ4v) is 3.35. The molecule has 3 aromatic rings. The van der Waals surface area contributed by atoms with Gasteiger partial charge >= 0.3 is 5.97 Å². The van der Waals surface area contributed by atoms with Gasteiger partial charge in [-0.1, -0.05) is 60.7 Å². The number of benzene rings is 3. The molecule has 0 spiro atoms. The van der Waals surface area contributed by atoms with Crippen molar-refractivity contribution in [2.45, 2.75) is 48.5 Å².